The minimum atomic E-state index is -4.33. The molecule has 0 bridgehead atoms. The van der Waals surface area contributed by atoms with Crippen LogP contribution < -0.4 is 4.90 Å². The highest BCUT2D eigenvalue weighted by Crippen LogP contribution is 2.26. The minimum absolute atomic E-state index is 0.0611. The second-order valence-corrected chi connectivity index (χ2v) is 8.06. The third-order valence-corrected chi connectivity index (χ3v) is 5.77. The molecule has 7 nitrogen and oxygen atoms in total. The van der Waals surface area contributed by atoms with Crippen LogP contribution in [0.2, 0.25) is 5.15 Å². The molecule has 156 valence electrons. The van der Waals surface area contributed by atoms with Gasteiger partial charge in [0, 0.05) is 30.7 Å². The van der Waals surface area contributed by atoms with Crippen LogP contribution in [0.25, 0.3) is 5.69 Å². The Morgan fingerprint density at radius 3 is 2.79 bits per heavy atom. The molecule has 1 atom stereocenters. The van der Waals surface area contributed by atoms with Crippen molar-refractivity contribution in [1.82, 2.24) is 14.8 Å². The van der Waals surface area contributed by atoms with Crippen molar-refractivity contribution in [3.05, 3.63) is 35.9 Å². The van der Waals surface area contributed by atoms with Gasteiger partial charge in [-0.25, -0.2) is 4.68 Å². The minimum Gasteiger partial charge on any atom is -0.308 e. The monoisotopic (exact) mass is 446 g/mol. The lowest BCUT2D eigenvalue weighted by Gasteiger charge is -2.19. The number of hydrogen-bond acceptors (Lipinski definition) is 5. The fourth-order valence-electron chi connectivity index (χ4n) is 2.45. The molecule has 0 aliphatic carbocycles. The van der Waals surface area contributed by atoms with Gasteiger partial charge < -0.3 is 4.90 Å². The van der Waals surface area contributed by atoms with Crippen LogP contribution in [-0.2, 0) is 15.5 Å². The number of halogens is 4. The average molecular weight is 447 g/mol. The molecule has 1 unspecified atom stereocenters. The maximum Gasteiger partial charge on any atom is 0.389 e. The van der Waals surface area contributed by atoms with Crippen LogP contribution in [-0.4, -0.2) is 44.9 Å². The summed E-state index contributed by atoms with van der Waals surface area (Å²) in [6.07, 6.45) is 0.885. The molecule has 1 amide bonds. The molecule has 0 N–H and O–H groups in total. The van der Waals surface area contributed by atoms with Crippen molar-refractivity contribution in [2.45, 2.75) is 25.9 Å². The second kappa shape index (κ2) is 10.4. The van der Waals surface area contributed by atoms with E-state index in [2.05, 4.69) is 14.4 Å². The number of hydrogen-bond donors (Lipinski definition) is 0. The van der Waals surface area contributed by atoms with E-state index in [9.17, 15) is 18.0 Å². The standard InChI is InChI=1S/C17H18ClF3N6OS/c1-2-26(14-11-27(25-16(14)18)13-4-3-7-23-10-13)15(28)5-8-29(24-12-22)9-6-17(19,20)21/h3-4,7,10-11H,2,5-6,8-9H2,1H3. The predicted molar refractivity (Wildman–Crippen MR) is 105 cm³/mol. The van der Waals surface area contributed by atoms with E-state index in [-0.39, 0.29) is 29.0 Å². The predicted octanol–water partition coefficient (Wildman–Crippen LogP) is 3.90. The summed E-state index contributed by atoms with van der Waals surface area (Å²) in [5.74, 6) is -0.582. The van der Waals surface area contributed by atoms with Gasteiger partial charge in [-0.3, -0.25) is 9.78 Å². The van der Waals surface area contributed by atoms with Crippen molar-refractivity contribution < 1.29 is 18.0 Å². The van der Waals surface area contributed by atoms with Crippen LogP contribution >= 0.6 is 11.6 Å². The topological polar surface area (TPSA) is 87.2 Å². The Bertz CT molecular complexity index is 910. The molecule has 0 saturated heterocycles. The number of amides is 1. The summed E-state index contributed by atoms with van der Waals surface area (Å²) in [7, 11) is -1.16. The van der Waals surface area contributed by atoms with Gasteiger partial charge in [-0.1, -0.05) is 22.3 Å². The smallest absolute Gasteiger partial charge is 0.308 e. The van der Waals surface area contributed by atoms with Crippen molar-refractivity contribution in [3.63, 3.8) is 0 Å². The van der Waals surface area contributed by atoms with Gasteiger partial charge in [0.2, 0.25) is 12.1 Å². The lowest BCUT2D eigenvalue weighted by molar-refractivity contribution is -0.129. The first-order valence-electron chi connectivity index (χ1n) is 8.55. The fourth-order valence-corrected chi connectivity index (χ4v) is 4.06. The van der Waals surface area contributed by atoms with Crippen molar-refractivity contribution in [2.75, 3.05) is 23.0 Å². The Balaban J connectivity index is 2.10. The number of nitrogens with zero attached hydrogens (tertiary/aromatic N) is 6. The Labute approximate surface area is 173 Å². The van der Waals surface area contributed by atoms with Gasteiger partial charge in [-0.2, -0.15) is 27.9 Å². The van der Waals surface area contributed by atoms with Crippen LogP contribution in [0.15, 0.2) is 35.1 Å². The summed E-state index contributed by atoms with van der Waals surface area (Å²) in [5, 5.41) is 13.0. The number of anilines is 1. The normalized spacial score (nSPS) is 12.6. The van der Waals surface area contributed by atoms with Gasteiger partial charge in [-0.05, 0) is 19.1 Å². The molecule has 0 aromatic carbocycles. The van der Waals surface area contributed by atoms with Crippen molar-refractivity contribution >= 4 is 33.9 Å². The number of rotatable bonds is 8. The van der Waals surface area contributed by atoms with Gasteiger partial charge in [0.05, 0.1) is 24.5 Å². The highest BCUT2D eigenvalue weighted by atomic mass is 35.5. The van der Waals surface area contributed by atoms with Gasteiger partial charge in [0.25, 0.3) is 0 Å². The molecule has 2 rings (SSSR count). The zero-order valence-electron chi connectivity index (χ0n) is 15.4. The lowest BCUT2D eigenvalue weighted by Crippen LogP contribution is -2.31. The largest absolute Gasteiger partial charge is 0.389 e. The number of carbonyl (C=O) groups is 1. The van der Waals surface area contributed by atoms with Crippen LogP contribution in [0.4, 0.5) is 18.9 Å². The number of alkyl halides is 3. The average Bonchev–Trinajstić information content (AvgIpc) is 3.06. The first kappa shape index (κ1) is 22.8. The van der Waals surface area contributed by atoms with Crippen molar-refractivity contribution in [3.8, 4) is 11.9 Å². The van der Waals surface area contributed by atoms with Crippen molar-refractivity contribution in [2.24, 2.45) is 4.36 Å². The number of carbonyl (C=O) groups excluding carboxylic acids is 1. The lowest BCUT2D eigenvalue weighted by atomic mass is 10.3. The van der Waals surface area contributed by atoms with Crippen LogP contribution in [0.3, 0.4) is 0 Å². The van der Waals surface area contributed by atoms with Crippen LogP contribution in [0.1, 0.15) is 19.8 Å². The van der Waals surface area contributed by atoms with E-state index >= 15 is 0 Å². The van der Waals surface area contributed by atoms with E-state index in [4.69, 9.17) is 16.9 Å². The van der Waals surface area contributed by atoms with Gasteiger partial charge in [0.1, 0.15) is 5.69 Å². The molecule has 0 radical (unpaired) electrons. The zero-order valence-corrected chi connectivity index (χ0v) is 17.0. The Morgan fingerprint density at radius 1 is 1.45 bits per heavy atom. The summed E-state index contributed by atoms with van der Waals surface area (Å²) < 4.78 is 42.3. The quantitative estimate of drug-likeness (QED) is 0.575. The molecular weight excluding hydrogens is 429 g/mol. The summed E-state index contributed by atoms with van der Waals surface area (Å²) in [6, 6.07) is 3.50. The molecule has 29 heavy (non-hydrogen) atoms. The third kappa shape index (κ3) is 6.83. The Hall–Kier alpha value is -2.45. The molecule has 2 aromatic heterocycles. The first-order chi connectivity index (χ1) is 13.7. The second-order valence-electron chi connectivity index (χ2n) is 5.78. The molecule has 0 aliphatic rings. The van der Waals surface area contributed by atoms with E-state index in [0.29, 0.717) is 17.9 Å². The van der Waals surface area contributed by atoms with E-state index in [1.807, 2.05) is 0 Å². The summed E-state index contributed by atoms with van der Waals surface area (Å²) in [6.45, 7) is 2.04. The third-order valence-electron chi connectivity index (χ3n) is 3.81. The Kier molecular flexibility index (Phi) is 8.16. The van der Waals surface area contributed by atoms with E-state index in [0.717, 1.165) is 0 Å². The number of pyridine rings is 1. The maximum atomic E-state index is 12.7. The fraction of sp³-hybridized carbons (Fsp3) is 0.412. The molecule has 0 spiro atoms. The number of nitriles is 1. The van der Waals surface area contributed by atoms with Crippen LogP contribution in [0, 0.1) is 11.5 Å². The summed E-state index contributed by atoms with van der Waals surface area (Å²) in [5.41, 5.74) is 1.04. The first-order valence-corrected chi connectivity index (χ1v) is 10.4. The van der Waals surface area contributed by atoms with Gasteiger partial charge in [0.15, 0.2) is 5.15 Å². The molecular formula is C17H18ClF3N6OS. The molecule has 2 heterocycles. The molecule has 0 aliphatic heterocycles. The summed E-state index contributed by atoms with van der Waals surface area (Å²) in [4.78, 5) is 18.1. The Morgan fingerprint density at radius 2 is 2.21 bits per heavy atom. The number of aromatic nitrogens is 3. The molecule has 2 aromatic rings. The van der Waals surface area contributed by atoms with E-state index in [1.54, 1.807) is 37.6 Å². The van der Waals surface area contributed by atoms with Gasteiger partial charge in [-0.15, -0.1) is 0 Å². The highest BCUT2D eigenvalue weighted by Gasteiger charge is 2.27. The van der Waals surface area contributed by atoms with Crippen LogP contribution in [0.5, 0.6) is 0 Å². The van der Waals surface area contributed by atoms with Gasteiger partial charge >= 0.3 is 6.18 Å². The molecule has 0 fully saturated rings. The highest BCUT2D eigenvalue weighted by molar-refractivity contribution is 7.87. The maximum absolute atomic E-state index is 12.7. The SMILES string of the molecule is CCN(C(=O)CC/S(CCC(F)(F)F)=N/C#N)c1cn(-c2cccnc2)nc1Cl. The molecule has 0 saturated carbocycles. The van der Waals surface area contributed by atoms with E-state index < -0.39 is 23.3 Å². The van der Waals surface area contributed by atoms with Crippen molar-refractivity contribution in [1.29, 1.82) is 5.26 Å². The zero-order chi connectivity index (χ0) is 21.4. The summed E-state index contributed by atoms with van der Waals surface area (Å²) >= 11 is 6.19. The van der Waals surface area contributed by atoms with E-state index in [1.165, 1.54) is 15.8 Å². The molecule has 12 heteroatoms.